The predicted octanol–water partition coefficient (Wildman–Crippen LogP) is 1.33. The first-order valence-corrected chi connectivity index (χ1v) is 4.74. The van der Waals surface area contributed by atoms with Crippen molar-refractivity contribution >= 4 is 23.9 Å². The van der Waals surface area contributed by atoms with Crippen molar-refractivity contribution in [2.75, 3.05) is 23.7 Å². The molecule has 2 heterocycles. The van der Waals surface area contributed by atoms with E-state index in [2.05, 4.69) is 10.00 Å². The highest BCUT2D eigenvalue weighted by atomic mass is 35.5. The second-order valence-electron chi connectivity index (χ2n) is 3.64. The Morgan fingerprint density at radius 1 is 1.29 bits per heavy atom. The van der Waals surface area contributed by atoms with Crippen LogP contribution in [0, 0.1) is 6.92 Å². The molecule has 0 amide bonds. The van der Waals surface area contributed by atoms with E-state index in [1.807, 2.05) is 18.7 Å². The number of anilines is 2. The van der Waals surface area contributed by atoms with Crippen LogP contribution in [-0.4, -0.2) is 22.9 Å². The number of hydrogen-bond acceptors (Lipinski definition) is 3. The number of nitrogens with zero attached hydrogens (tertiary/aromatic N) is 3. The summed E-state index contributed by atoms with van der Waals surface area (Å²) in [6.45, 7) is 4.20. The standard InChI is InChI=1S/C9H16N4.ClH/c1-7-8(10)9(11-12(7)2)13-5-3-4-6-13;/h3-6,10H2,1-2H3;1H. The number of rotatable bonds is 1. The van der Waals surface area contributed by atoms with Crippen LogP contribution in [0.5, 0.6) is 0 Å². The first-order chi connectivity index (χ1) is 6.20. The Balaban J connectivity index is 0.000000980. The van der Waals surface area contributed by atoms with Crippen molar-refractivity contribution in [3.63, 3.8) is 0 Å². The van der Waals surface area contributed by atoms with Crippen molar-refractivity contribution in [3.05, 3.63) is 5.69 Å². The zero-order valence-corrected chi connectivity index (χ0v) is 9.47. The first kappa shape index (κ1) is 11.2. The molecule has 80 valence electrons. The minimum atomic E-state index is 0. The Morgan fingerprint density at radius 3 is 2.29 bits per heavy atom. The summed E-state index contributed by atoms with van der Waals surface area (Å²) in [5, 5.41) is 4.41. The summed E-state index contributed by atoms with van der Waals surface area (Å²) in [5.41, 5.74) is 7.85. The van der Waals surface area contributed by atoms with Crippen LogP contribution in [-0.2, 0) is 7.05 Å². The molecule has 4 nitrogen and oxygen atoms in total. The maximum atomic E-state index is 5.96. The maximum Gasteiger partial charge on any atom is 0.174 e. The molecule has 2 rings (SSSR count). The number of nitrogen functional groups attached to an aromatic ring is 1. The van der Waals surface area contributed by atoms with Gasteiger partial charge in [0.2, 0.25) is 0 Å². The zero-order chi connectivity index (χ0) is 9.42. The molecule has 1 aromatic heterocycles. The molecule has 0 saturated carbocycles. The highest BCUT2D eigenvalue weighted by molar-refractivity contribution is 5.85. The number of hydrogen-bond donors (Lipinski definition) is 1. The molecule has 2 N–H and O–H groups in total. The molecule has 0 radical (unpaired) electrons. The predicted molar refractivity (Wildman–Crippen MR) is 61.1 cm³/mol. The summed E-state index contributed by atoms with van der Waals surface area (Å²) in [6.07, 6.45) is 2.52. The third kappa shape index (κ3) is 1.66. The maximum absolute atomic E-state index is 5.96. The van der Waals surface area contributed by atoms with E-state index in [0.29, 0.717) is 0 Å². The summed E-state index contributed by atoms with van der Waals surface area (Å²) in [5.74, 6) is 0.970. The molecule has 0 aromatic carbocycles. The van der Waals surface area contributed by atoms with Crippen LogP contribution >= 0.6 is 12.4 Å². The molecular formula is C9H17ClN4. The van der Waals surface area contributed by atoms with Gasteiger partial charge in [-0.05, 0) is 19.8 Å². The summed E-state index contributed by atoms with van der Waals surface area (Å²) in [7, 11) is 1.94. The van der Waals surface area contributed by atoms with Crippen LogP contribution in [0.2, 0.25) is 0 Å². The SMILES string of the molecule is Cc1c(N)c(N2CCCC2)nn1C.Cl. The molecular weight excluding hydrogens is 200 g/mol. The lowest BCUT2D eigenvalue weighted by atomic mass is 10.3. The van der Waals surface area contributed by atoms with Gasteiger partial charge in [0.1, 0.15) is 0 Å². The average Bonchev–Trinajstić information content (AvgIpc) is 2.70. The molecule has 0 atom stereocenters. The molecule has 1 aromatic rings. The molecule has 0 spiro atoms. The van der Waals surface area contributed by atoms with Crippen molar-refractivity contribution in [1.29, 1.82) is 0 Å². The van der Waals surface area contributed by atoms with Gasteiger partial charge in [-0.2, -0.15) is 5.10 Å². The molecule has 14 heavy (non-hydrogen) atoms. The van der Waals surface area contributed by atoms with E-state index in [0.717, 1.165) is 30.3 Å². The summed E-state index contributed by atoms with van der Waals surface area (Å²) in [4.78, 5) is 2.27. The molecule has 1 aliphatic heterocycles. The van der Waals surface area contributed by atoms with Gasteiger partial charge in [0.05, 0.1) is 11.4 Å². The second kappa shape index (κ2) is 4.09. The van der Waals surface area contributed by atoms with Crippen LogP contribution < -0.4 is 10.6 Å². The number of aryl methyl sites for hydroxylation is 1. The Hall–Kier alpha value is -0.900. The van der Waals surface area contributed by atoms with Gasteiger partial charge in [-0.15, -0.1) is 12.4 Å². The first-order valence-electron chi connectivity index (χ1n) is 4.74. The van der Waals surface area contributed by atoms with E-state index in [4.69, 9.17) is 5.73 Å². The number of halogens is 1. The summed E-state index contributed by atoms with van der Waals surface area (Å²) < 4.78 is 1.85. The van der Waals surface area contributed by atoms with Gasteiger partial charge >= 0.3 is 0 Å². The Bertz CT molecular complexity index is 315. The van der Waals surface area contributed by atoms with Crippen molar-refractivity contribution in [2.24, 2.45) is 7.05 Å². The van der Waals surface area contributed by atoms with E-state index in [1.165, 1.54) is 12.8 Å². The van der Waals surface area contributed by atoms with Gasteiger partial charge < -0.3 is 10.6 Å². The number of aromatic nitrogens is 2. The largest absolute Gasteiger partial charge is 0.394 e. The third-order valence-electron chi connectivity index (χ3n) is 2.77. The zero-order valence-electron chi connectivity index (χ0n) is 8.66. The fourth-order valence-corrected chi connectivity index (χ4v) is 1.77. The van der Waals surface area contributed by atoms with Crippen LogP contribution in [0.25, 0.3) is 0 Å². The van der Waals surface area contributed by atoms with Gasteiger partial charge in [-0.25, -0.2) is 0 Å². The van der Waals surface area contributed by atoms with E-state index >= 15 is 0 Å². The Morgan fingerprint density at radius 2 is 1.86 bits per heavy atom. The molecule has 1 saturated heterocycles. The second-order valence-corrected chi connectivity index (χ2v) is 3.64. The Kier molecular flexibility index (Phi) is 3.26. The molecule has 0 unspecified atom stereocenters. The fourth-order valence-electron chi connectivity index (χ4n) is 1.77. The number of nitrogens with two attached hydrogens (primary N) is 1. The van der Waals surface area contributed by atoms with E-state index < -0.39 is 0 Å². The van der Waals surface area contributed by atoms with Gasteiger partial charge in [-0.1, -0.05) is 0 Å². The van der Waals surface area contributed by atoms with Gasteiger partial charge in [0.25, 0.3) is 0 Å². The average molecular weight is 217 g/mol. The molecule has 1 fully saturated rings. The van der Waals surface area contributed by atoms with Crippen molar-refractivity contribution in [2.45, 2.75) is 19.8 Å². The van der Waals surface area contributed by atoms with Gasteiger partial charge in [0.15, 0.2) is 5.82 Å². The van der Waals surface area contributed by atoms with Crippen LogP contribution in [0.3, 0.4) is 0 Å². The summed E-state index contributed by atoms with van der Waals surface area (Å²) >= 11 is 0. The van der Waals surface area contributed by atoms with E-state index in [-0.39, 0.29) is 12.4 Å². The van der Waals surface area contributed by atoms with Gasteiger partial charge in [0, 0.05) is 20.1 Å². The quantitative estimate of drug-likeness (QED) is 0.771. The minimum Gasteiger partial charge on any atom is -0.394 e. The normalized spacial score (nSPS) is 15.7. The molecule has 0 aliphatic carbocycles. The minimum absolute atomic E-state index is 0. The lowest BCUT2D eigenvalue weighted by Gasteiger charge is -2.14. The topological polar surface area (TPSA) is 47.1 Å². The fraction of sp³-hybridized carbons (Fsp3) is 0.667. The van der Waals surface area contributed by atoms with Crippen LogP contribution in [0.1, 0.15) is 18.5 Å². The molecule has 0 bridgehead atoms. The third-order valence-corrected chi connectivity index (χ3v) is 2.77. The van der Waals surface area contributed by atoms with Crippen LogP contribution in [0.4, 0.5) is 11.5 Å². The van der Waals surface area contributed by atoms with E-state index in [9.17, 15) is 0 Å². The smallest absolute Gasteiger partial charge is 0.174 e. The Labute approximate surface area is 90.5 Å². The highest BCUT2D eigenvalue weighted by Crippen LogP contribution is 2.27. The van der Waals surface area contributed by atoms with Crippen molar-refractivity contribution < 1.29 is 0 Å². The molecule has 1 aliphatic rings. The van der Waals surface area contributed by atoms with Crippen LogP contribution in [0.15, 0.2) is 0 Å². The summed E-state index contributed by atoms with van der Waals surface area (Å²) in [6, 6.07) is 0. The van der Waals surface area contributed by atoms with Crippen molar-refractivity contribution in [1.82, 2.24) is 9.78 Å². The van der Waals surface area contributed by atoms with Crippen molar-refractivity contribution in [3.8, 4) is 0 Å². The van der Waals surface area contributed by atoms with E-state index in [1.54, 1.807) is 0 Å². The molecule has 5 heteroatoms. The highest BCUT2D eigenvalue weighted by Gasteiger charge is 2.19. The monoisotopic (exact) mass is 216 g/mol. The van der Waals surface area contributed by atoms with Gasteiger partial charge in [-0.3, -0.25) is 4.68 Å². The lowest BCUT2D eigenvalue weighted by molar-refractivity contribution is 0.731. The lowest BCUT2D eigenvalue weighted by Crippen LogP contribution is -2.19.